The first-order valence-corrected chi connectivity index (χ1v) is 30.8. The lowest BCUT2D eigenvalue weighted by atomic mass is 9.99. The van der Waals surface area contributed by atoms with Crippen LogP contribution in [0.3, 0.4) is 0 Å². The standard InChI is InChI=1S/C47H74F8OSi3/c1-12-57(11,13-2)26-22-18-14-15-19-23-27-58(31(3)4,28-24-20-16-17-21-25-29-59(32(5)6,33(7)8)34(9)10)56-47-45(54)39-38(44(53)46(47)55)40(49)35-30-36(48)41(50)43(52)37(35)42(39)51/h30-34H,12-29H2,1-11H3. The lowest BCUT2D eigenvalue weighted by Crippen LogP contribution is -2.45. The lowest BCUT2D eigenvalue weighted by molar-refractivity contribution is 0.405. The maximum Gasteiger partial charge on any atom is 0.254 e. The molecular formula is C47H74F8OSi3. The Bertz CT molecular complexity index is 1810. The molecule has 336 valence electrons. The Morgan fingerprint density at radius 1 is 0.441 bits per heavy atom. The second kappa shape index (κ2) is 22.4. The minimum absolute atomic E-state index is 0.148. The van der Waals surface area contributed by atoms with Crippen LogP contribution in [0, 0.1) is 46.5 Å². The van der Waals surface area contributed by atoms with Crippen LogP contribution in [0.4, 0.5) is 35.1 Å². The number of benzene rings is 3. The molecule has 0 saturated heterocycles. The Labute approximate surface area is 354 Å². The molecule has 12 heteroatoms. The van der Waals surface area contributed by atoms with Crippen molar-refractivity contribution >= 4 is 46.0 Å². The largest absolute Gasteiger partial charge is 0.539 e. The van der Waals surface area contributed by atoms with Crippen molar-refractivity contribution in [2.45, 2.75) is 211 Å². The summed E-state index contributed by atoms with van der Waals surface area (Å²) in [5.41, 5.74) is 1.97. The number of fused-ring (bicyclic) bond motifs is 2. The quantitative estimate of drug-likeness (QED) is 0.0195. The van der Waals surface area contributed by atoms with Gasteiger partial charge in [-0.15, -0.1) is 0 Å². The third-order valence-electron chi connectivity index (χ3n) is 14.7. The number of unbranched alkanes of at least 4 members (excludes halogenated alkanes) is 10. The minimum Gasteiger partial charge on any atom is -0.539 e. The highest BCUT2D eigenvalue weighted by Crippen LogP contribution is 2.46. The predicted molar refractivity (Wildman–Crippen MR) is 241 cm³/mol. The normalized spacial score (nSPS) is 13.9. The molecule has 1 nitrogen and oxygen atoms in total. The molecule has 0 N–H and O–H groups in total. The van der Waals surface area contributed by atoms with E-state index in [1.165, 1.54) is 37.0 Å². The first kappa shape index (κ1) is 51.4. The first-order valence-electron chi connectivity index (χ1n) is 22.8. The average Bonchev–Trinajstić information content (AvgIpc) is 3.18. The Morgan fingerprint density at radius 2 is 0.847 bits per heavy atom. The van der Waals surface area contributed by atoms with Crippen LogP contribution in [0.5, 0.6) is 5.75 Å². The summed E-state index contributed by atoms with van der Waals surface area (Å²) >= 11 is 0. The highest BCUT2D eigenvalue weighted by atomic mass is 28.4. The van der Waals surface area contributed by atoms with E-state index in [0.717, 1.165) is 80.8 Å². The number of halogens is 8. The smallest absolute Gasteiger partial charge is 0.254 e. The van der Waals surface area contributed by atoms with Crippen molar-refractivity contribution in [1.82, 2.24) is 0 Å². The molecule has 1 unspecified atom stereocenters. The van der Waals surface area contributed by atoms with Crippen molar-refractivity contribution in [1.29, 1.82) is 0 Å². The van der Waals surface area contributed by atoms with Gasteiger partial charge in [-0.1, -0.05) is 194 Å². The van der Waals surface area contributed by atoms with Crippen molar-refractivity contribution in [3.05, 3.63) is 52.6 Å². The van der Waals surface area contributed by atoms with Gasteiger partial charge in [-0.05, 0) is 23.7 Å². The van der Waals surface area contributed by atoms with Crippen LogP contribution in [-0.2, 0) is 0 Å². The summed E-state index contributed by atoms with van der Waals surface area (Å²) in [5, 5.41) is -5.41. The highest BCUT2D eigenvalue weighted by Gasteiger charge is 2.43. The molecule has 0 saturated carbocycles. The highest BCUT2D eigenvalue weighted by molar-refractivity contribution is 6.83. The zero-order valence-electron chi connectivity index (χ0n) is 38.0. The molecule has 3 rings (SSSR count). The van der Waals surface area contributed by atoms with Gasteiger partial charge in [-0.3, -0.25) is 0 Å². The second-order valence-electron chi connectivity index (χ2n) is 19.2. The third kappa shape index (κ3) is 11.6. The molecule has 0 aromatic heterocycles. The summed E-state index contributed by atoms with van der Waals surface area (Å²) in [6, 6.07) is 6.42. The van der Waals surface area contributed by atoms with Crippen LogP contribution in [0.1, 0.15) is 146 Å². The molecule has 0 fully saturated rings. The van der Waals surface area contributed by atoms with E-state index >= 15 is 22.0 Å². The van der Waals surface area contributed by atoms with Crippen LogP contribution in [0.2, 0.25) is 65.0 Å². The van der Waals surface area contributed by atoms with Crippen molar-refractivity contribution < 1.29 is 39.5 Å². The van der Waals surface area contributed by atoms with Gasteiger partial charge in [0.2, 0.25) is 5.82 Å². The third-order valence-corrected chi connectivity index (χ3v) is 32.5. The van der Waals surface area contributed by atoms with E-state index in [1.54, 1.807) is 0 Å². The van der Waals surface area contributed by atoms with E-state index in [-0.39, 0.29) is 11.6 Å². The van der Waals surface area contributed by atoms with Gasteiger partial charge in [0.15, 0.2) is 34.8 Å². The second-order valence-corrected chi connectivity index (χ2v) is 35.4. The summed E-state index contributed by atoms with van der Waals surface area (Å²) in [6.07, 6.45) is 12.1. The molecule has 0 aliphatic rings. The topological polar surface area (TPSA) is 9.23 Å². The zero-order chi connectivity index (χ0) is 44.5. The molecule has 3 aromatic rings. The molecule has 0 aliphatic carbocycles. The zero-order valence-corrected chi connectivity index (χ0v) is 41.0. The summed E-state index contributed by atoms with van der Waals surface area (Å²) < 4.78 is 129. The molecule has 0 amide bonds. The van der Waals surface area contributed by atoms with Crippen LogP contribution in [-0.4, -0.2) is 24.5 Å². The molecule has 3 aromatic carbocycles. The van der Waals surface area contributed by atoms with Crippen LogP contribution in [0.15, 0.2) is 6.07 Å². The number of hydrogen-bond acceptors (Lipinski definition) is 1. The SMILES string of the molecule is CC[Si](C)(CC)CCCCCCCC[Si](CCCCCCCC[Si](C(C)C)(C(C)C)C(C)C)(Oc1c(F)c(F)c2c(F)c3cc(F)c(F)c(F)c3c(F)c2c1F)C(C)C. The van der Waals surface area contributed by atoms with Crippen LogP contribution < -0.4 is 4.43 Å². The van der Waals surface area contributed by atoms with Crippen molar-refractivity contribution in [3.63, 3.8) is 0 Å². The summed E-state index contributed by atoms with van der Waals surface area (Å²) in [4.78, 5) is 0. The van der Waals surface area contributed by atoms with Gasteiger partial charge < -0.3 is 4.43 Å². The maximum atomic E-state index is 16.5. The van der Waals surface area contributed by atoms with Gasteiger partial charge in [0.05, 0.1) is 24.2 Å². The Kier molecular flexibility index (Phi) is 19.5. The monoisotopic (exact) mass is 890 g/mol. The van der Waals surface area contributed by atoms with Crippen molar-refractivity contribution in [3.8, 4) is 5.75 Å². The summed E-state index contributed by atoms with van der Waals surface area (Å²) in [7, 11) is -5.79. The lowest BCUT2D eigenvalue weighted by Gasteiger charge is -2.43. The van der Waals surface area contributed by atoms with E-state index in [2.05, 4.69) is 61.9 Å². The van der Waals surface area contributed by atoms with Gasteiger partial charge in [-0.2, -0.15) is 4.39 Å². The Morgan fingerprint density at radius 3 is 1.29 bits per heavy atom. The molecule has 0 bridgehead atoms. The Hall–Kier alpha value is -1.93. The van der Waals surface area contributed by atoms with Gasteiger partial charge in [0, 0.05) is 13.5 Å². The van der Waals surface area contributed by atoms with Crippen molar-refractivity contribution in [2.75, 3.05) is 0 Å². The van der Waals surface area contributed by atoms with E-state index < -0.39 is 98.3 Å². The van der Waals surface area contributed by atoms with E-state index in [9.17, 15) is 13.2 Å². The fourth-order valence-corrected chi connectivity index (χ4v) is 23.3. The first-order chi connectivity index (χ1) is 27.7. The summed E-state index contributed by atoms with van der Waals surface area (Å²) in [5.74, 6) is -16.4. The molecule has 0 spiro atoms. The fraction of sp³-hybridized carbons (Fsp3) is 0.702. The van der Waals surface area contributed by atoms with E-state index in [0.29, 0.717) is 12.1 Å². The maximum absolute atomic E-state index is 16.5. The van der Waals surface area contributed by atoms with Gasteiger partial charge in [-0.25, -0.2) is 30.7 Å². The van der Waals surface area contributed by atoms with Gasteiger partial charge >= 0.3 is 0 Å². The minimum atomic E-state index is -3.18. The van der Waals surface area contributed by atoms with Gasteiger partial charge in [0.25, 0.3) is 8.32 Å². The molecule has 1 atom stereocenters. The average molecular weight is 891 g/mol. The number of rotatable bonds is 26. The molecular weight excluding hydrogens is 817 g/mol. The molecule has 0 heterocycles. The predicted octanol–water partition coefficient (Wildman–Crippen LogP) is 18.3. The van der Waals surface area contributed by atoms with E-state index in [4.69, 9.17) is 4.43 Å². The Balaban J connectivity index is 1.88. The van der Waals surface area contributed by atoms with Crippen LogP contribution in [0.25, 0.3) is 21.5 Å². The molecule has 59 heavy (non-hydrogen) atoms. The number of hydrogen-bond donors (Lipinski definition) is 0. The molecule has 0 radical (unpaired) electrons. The molecule has 0 aliphatic heterocycles. The summed E-state index contributed by atoms with van der Waals surface area (Å²) in [6.45, 7) is 25.3. The fourth-order valence-electron chi connectivity index (χ4n) is 10.2. The van der Waals surface area contributed by atoms with Crippen LogP contribution >= 0.6 is 0 Å². The van der Waals surface area contributed by atoms with E-state index in [1.807, 2.05) is 13.8 Å². The van der Waals surface area contributed by atoms with Gasteiger partial charge in [0.1, 0.15) is 11.6 Å². The van der Waals surface area contributed by atoms with Crippen molar-refractivity contribution in [2.24, 2.45) is 0 Å².